The molecule has 0 aromatic carbocycles. The molecule has 0 heterocycles. The average Bonchev–Trinajstić information content (AvgIpc) is 2.22. The SMILES string of the molecule is CCCC[C@H](N)C(=O)NC(C)CCS(C)=O. The maximum atomic E-state index is 11.6. The summed E-state index contributed by atoms with van der Waals surface area (Å²) in [5.74, 6) is 0.522. The van der Waals surface area contributed by atoms with Crippen LogP contribution in [0.25, 0.3) is 0 Å². The molecule has 96 valence electrons. The maximum absolute atomic E-state index is 11.6. The van der Waals surface area contributed by atoms with Gasteiger partial charge < -0.3 is 11.1 Å². The van der Waals surface area contributed by atoms with Gasteiger partial charge in [-0.3, -0.25) is 9.00 Å². The van der Waals surface area contributed by atoms with E-state index < -0.39 is 16.8 Å². The van der Waals surface area contributed by atoms with Gasteiger partial charge in [-0.15, -0.1) is 0 Å². The molecule has 0 saturated heterocycles. The molecule has 0 aromatic heterocycles. The zero-order valence-electron chi connectivity index (χ0n) is 10.5. The molecule has 0 aliphatic heterocycles. The number of hydrogen-bond acceptors (Lipinski definition) is 3. The third-order valence-electron chi connectivity index (χ3n) is 2.43. The van der Waals surface area contributed by atoms with Crippen molar-refractivity contribution in [3.63, 3.8) is 0 Å². The summed E-state index contributed by atoms with van der Waals surface area (Å²) in [6.07, 6.45) is 5.15. The first-order valence-electron chi connectivity index (χ1n) is 5.83. The van der Waals surface area contributed by atoms with E-state index in [1.807, 2.05) is 6.92 Å². The summed E-state index contributed by atoms with van der Waals surface area (Å²) >= 11 is 0. The van der Waals surface area contributed by atoms with E-state index >= 15 is 0 Å². The average molecular weight is 248 g/mol. The number of nitrogens with one attached hydrogen (secondary N) is 1. The van der Waals surface area contributed by atoms with Crippen LogP contribution in [0.2, 0.25) is 0 Å². The standard InChI is InChI=1S/C11H24N2O2S/c1-4-5-6-10(12)11(14)13-9(2)7-8-16(3)15/h9-10H,4-8,12H2,1-3H3,(H,13,14)/t9?,10-,16?/m0/s1. The van der Waals surface area contributed by atoms with Crippen molar-refractivity contribution in [2.75, 3.05) is 12.0 Å². The predicted molar refractivity (Wildman–Crippen MR) is 68.7 cm³/mol. The second-order valence-corrected chi connectivity index (χ2v) is 5.78. The molecule has 1 amide bonds. The molecule has 0 radical (unpaired) electrons. The number of amides is 1. The zero-order valence-corrected chi connectivity index (χ0v) is 11.3. The first kappa shape index (κ1) is 15.6. The molecule has 0 aliphatic rings. The Bertz CT molecular complexity index is 234. The van der Waals surface area contributed by atoms with E-state index in [0.717, 1.165) is 25.7 Å². The van der Waals surface area contributed by atoms with E-state index in [0.29, 0.717) is 5.75 Å². The van der Waals surface area contributed by atoms with Crippen LogP contribution in [0.5, 0.6) is 0 Å². The van der Waals surface area contributed by atoms with Crippen LogP contribution in [0, 0.1) is 0 Å². The summed E-state index contributed by atoms with van der Waals surface area (Å²) in [5, 5.41) is 2.85. The Morgan fingerprint density at radius 2 is 2.06 bits per heavy atom. The normalized spacial score (nSPS) is 16.5. The first-order chi connectivity index (χ1) is 7.47. The summed E-state index contributed by atoms with van der Waals surface area (Å²) in [4.78, 5) is 11.6. The van der Waals surface area contributed by atoms with Crippen LogP contribution in [-0.4, -0.2) is 34.2 Å². The topological polar surface area (TPSA) is 72.2 Å². The monoisotopic (exact) mass is 248 g/mol. The lowest BCUT2D eigenvalue weighted by atomic mass is 10.1. The minimum atomic E-state index is -0.799. The first-order valence-corrected chi connectivity index (χ1v) is 7.56. The van der Waals surface area contributed by atoms with Crippen LogP contribution < -0.4 is 11.1 Å². The Morgan fingerprint density at radius 1 is 1.44 bits per heavy atom. The van der Waals surface area contributed by atoms with Gasteiger partial charge in [0.25, 0.3) is 0 Å². The van der Waals surface area contributed by atoms with Gasteiger partial charge in [0, 0.05) is 28.9 Å². The number of carbonyl (C=O) groups excluding carboxylic acids is 1. The molecule has 4 nitrogen and oxygen atoms in total. The van der Waals surface area contributed by atoms with E-state index in [9.17, 15) is 9.00 Å². The molecular formula is C11H24N2O2S. The van der Waals surface area contributed by atoms with Crippen LogP contribution in [-0.2, 0) is 15.6 Å². The van der Waals surface area contributed by atoms with Crippen LogP contribution in [0.3, 0.4) is 0 Å². The molecule has 3 atom stereocenters. The smallest absolute Gasteiger partial charge is 0.237 e. The lowest BCUT2D eigenvalue weighted by molar-refractivity contribution is -0.123. The van der Waals surface area contributed by atoms with Crippen LogP contribution in [0.15, 0.2) is 0 Å². The Labute approximate surface area is 101 Å². The van der Waals surface area contributed by atoms with Crippen LogP contribution in [0.4, 0.5) is 0 Å². The highest BCUT2D eigenvalue weighted by Gasteiger charge is 2.14. The Hall–Kier alpha value is -0.420. The molecule has 5 heteroatoms. The Morgan fingerprint density at radius 3 is 2.56 bits per heavy atom. The maximum Gasteiger partial charge on any atom is 0.237 e. The fourth-order valence-electron chi connectivity index (χ4n) is 1.32. The fourth-order valence-corrected chi connectivity index (χ4v) is 2.01. The molecule has 0 fully saturated rings. The number of nitrogens with two attached hydrogens (primary N) is 1. The van der Waals surface area contributed by atoms with E-state index in [1.54, 1.807) is 6.26 Å². The highest BCUT2D eigenvalue weighted by molar-refractivity contribution is 7.84. The van der Waals surface area contributed by atoms with Gasteiger partial charge in [-0.25, -0.2) is 0 Å². The third-order valence-corrected chi connectivity index (χ3v) is 3.24. The molecule has 2 unspecified atom stereocenters. The molecular weight excluding hydrogens is 224 g/mol. The van der Waals surface area contributed by atoms with Crippen molar-refractivity contribution < 1.29 is 9.00 Å². The van der Waals surface area contributed by atoms with Crippen molar-refractivity contribution in [3.05, 3.63) is 0 Å². The molecule has 0 saturated carbocycles. The molecule has 0 spiro atoms. The Balaban J connectivity index is 3.80. The van der Waals surface area contributed by atoms with Crippen molar-refractivity contribution in [2.24, 2.45) is 5.73 Å². The zero-order chi connectivity index (χ0) is 12.6. The molecule has 3 N–H and O–H groups in total. The minimum absolute atomic E-state index is 0.0454. The number of hydrogen-bond donors (Lipinski definition) is 2. The van der Waals surface area contributed by atoms with Crippen LogP contribution >= 0.6 is 0 Å². The van der Waals surface area contributed by atoms with Gasteiger partial charge in [0.05, 0.1) is 6.04 Å². The number of unbranched alkanes of at least 4 members (excludes halogenated alkanes) is 1. The Kier molecular flexibility index (Phi) is 8.47. The van der Waals surface area contributed by atoms with Crippen molar-refractivity contribution in [1.82, 2.24) is 5.32 Å². The predicted octanol–water partition coefficient (Wildman–Crippen LogP) is 0.777. The van der Waals surface area contributed by atoms with Gasteiger partial charge in [0.15, 0.2) is 0 Å². The van der Waals surface area contributed by atoms with E-state index in [4.69, 9.17) is 5.73 Å². The second kappa shape index (κ2) is 8.70. The van der Waals surface area contributed by atoms with Crippen molar-refractivity contribution in [3.8, 4) is 0 Å². The van der Waals surface area contributed by atoms with Gasteiger partial charge in [-0.1, -0.05) is 19.8 Å². The largest absolute Gasteiger partial charge is 0.352 e. The lowest BCUT2D eigenvalue weighted by Gasteiger charge is -2.16. The molecule has 0 bridgehead atoms. The quantitative estimate of drug-likeness (QED) is 0.666. The van der Waals surface area contributed by atoms with Crippen molar-refractivity contribution in [1.29, 1.82) is 0 Å². The minimum Gasteiger partial charge on any atom is -0.352 e. The van der Waals surface area contributed by atoms with Crippen molar-refractivity contribution >= 4 is 16.7 Å². The van der Waals surface area contributed by atoms with E-state index in [2.05, 4.69) is 12.2 Å². The highest BCUT2D eigenvalue weighted by Crippen LogP contribution is 2.00. The fraction of sp³-hybridized carbons (Fsp3) is 0.909. The lowest BCUT2D eigenvalue weighted by Crippen LogP contribution is -2.44. The van der Waals surface area contributed by atoms with Gasteiger partial charge >= 0.3 is 0 Å². The third kappa shape index (κ3) is 7.82. The van der Waals surface area contributed by atoms with E-state index in [1.165, 1.54) is 0 Å². The molecule has 0 aliphatic carbocycles. The van der Waals surface area contributed by atoms with Gasteiger partial charge in [0.2, 0.25) is 5.91 Å². The van der Waals surface area contributed by atoms with Gasteiger partial charge in [-0.05, 0) is 19.8 Å². The van der Waals surface area contributed by atoms with Gasteiger partial charge in [-0.2, -0.15) is 0 Å². The number of carbonyl (C=O) groups is 1. The highest BCUT2D eigenvalue weighted by atomic mass is 32.2. The second-order valence-electron chi connectivity index (χ2n) is 4.22. The summed E-state index contributed by atoms with van der Waals surface area (Å²) in [5.41, 5.74) is 5.74. The summed E-state index contributed by atoms with van der Waals surface area (Å²) in [7, 11) is -0.799. The molecule has 16 heavy (non-hydrogen) atoms. The van der Waals surface area contributed by atoms with E-state index in [-0.39, 0.29) is 11.9 Å². The van der Waals surface area contributed by atoms with Gasteiger partial charge in [0.1, 0.15) is 0 Å². The molecule has 0 aromatic rings. The summed E-state index contributed by atoms with van der Waals surface area (Å²) in [6.45, 7) is 3.99. The van der Waals surface area contributed by atoms with Crippen molar-refractivity contribution in [2.45, 2.75) is 51.6 Å². The summed E-state index contributed by atoms with van der Waals surface area (Å²) < 4.78 is 10.9. The van der Waals surface area contributed by atoms with Crippen LogP contribution in [0.1, 0.15) is 39.5 Å². The molecule has 0 rings (SSSR count). The number of rotatable bonds is 8. The summed E-state index contributed by atoms with van der Waals surface area (Å²) in [6, 6.07) is -0.362.